The summed E-state index contributed by atoms with van der Waals surface area (Å²) in [6, 6.07) is 9.77. The number of phenols is 3. The third-order valence-electron chi connectivity index (χ3n) is 11.8. The van der Waals surface area contributed by atoms with Crippen LogP contribution in [-0.2, 0) is 35.1 Å². The fraction of sp³-hybridized carbons (Fsp3) is 0.447. The second-order valence-electron chi connectivity index (χ2n) is 16.3. The maximum absolute atomic E-state index is 14.4. The average Bonchev–Trinajstić information content (AvgIpc) is 3.51. The molecule has 334 valence electrons. The first-order valence-corrected chi connectivity index (χ1v) is 20.6. The molecule has 0 saturated heterocycles. The van der Waals surface area contributed by atoms with Gasteiger partial charge in [-0.3, -0.25) is 14.4 Å². The first-order chi connectivity index (χ1) is 29.3. The number of methoxy groups -OCH3 is 1. The zero-order valence-corrected chi connectivity index (χ0v) is 36.5. The number of aryl methyl sites for hydroxylation is 1. The van der Waals surface area contributed by atoms with Crippen molar-refractivity contribution in [3.05, 3.63) is 88.7 Å². The predicted molar refractivity (Wildman–Crippen MR) is 232 cm³/mol. The number of rotatable bonds is 8. The molecule has 3 aromatic rings. The third kappa shape index (κ3) is 9.75. The molecule has 0 spiro atoms. The summed E-state index contributed by atoms with van der Waals surface area (Å²) >= 11 is 0. The first-order valence-electron chi connectivity index (χ1n) is 20.6. The van der Waals surface area contributed by atoms with Crippen molar-refractivity contribution in [2.24, 2.45) is 28.8 Å². The highest BCUT2D eigenvalue weighted by molar-refractivity contribution is 6.23. The number of oxime groups is 1. The number of nitrogens with zero attached hydrogens (tertiary/aromatic N) is 1. The molecule has 9 atom stereocenters. The fourth-order valence-electron chi connectivity index (χ4n) is 8.00. The van der Waals surface area contributed by atoms with Gasteiger partial charge in [0.1, 0.15) is 30.0 Å². The maximum Gasteiger partial charge on any atom is 0.312 e. The summed E-state index contributed by atoms with van der Waals surface area (Å²) in [5.74, 6) is -8.67. The van der Waals surface area contributed by atoms with Crippen molar-refractivity contribution < 1.29 is 63.7 Å². The van der Waals surface area contributed by atoms with Crippen LogP contribution < -0.4 is 10.1 Å². The van der Waals surface area contributed by atoms with E-state index >= 15 is 0 Å². The van der Waals surface area contributed by atoms with E-state index < -0.39 is 88.8 Å². The Bertz CT molecular complexity index is 2270. The number of phenolic OH excluding ortho intramolecular Hbond substituents is 3. The molecule has 9 unspecified atom stereocenters. The minimum absolute atomic E-state index is 0.0322. The molecular formula is C47H58N2O13. The Kier molecular flexibility index (Phi) is 15.1. The molecule has 0 aromatic heterocycles. The summed E-state index contributed by atoms with van der Waals surface area (Å²) in [7, 11) is 1.43. The van der Waals surface area contributed by atoms with Crippen molar-refractivity contribution in [3.8, 4) is 23.0 Å². The summed E-state index contributed by atoms with van der Waals surface area (Å²) in [6.07, 6.45) is 5.84. The smallest absolute Gasteiger partial charge is 0.312 e. The number of fused-ring (bicyclic) bond motifs is 14. The third-order valence-corrected chi connectivity index (χ3v) is 11.8. The predicted octanol–water partition coefficient (Wildman–Crippen LogP) is 6.74. The molecular weight excluding hydrogens is 801 g/mol. The number of carbonyl (C=O) groups is 3. The Labute approximate surface area is 361 Å². The van der Waals surface area contributed by atoms with Crippen LogP contribution in [0.1, 0.15) is 81.9 Å². The minimum Gasteiger partial charge on any atom is -0.507 e. The van der Waals surface area contributed by atoms with Crippen LogP contribution in [0, 0.1) is 30.6 Å². The number of nitrogens with one attached hydrogen (secondary N) is 1. The van der Waals surface area contributed by atoms with Gasteiger partial charge in [-0.15, -0.1) is 0 Å². The molecule has 5 bridgehead atoms. The molecule has 0 fully saturated rings. The number of aromatic hydroxyl groups is 3. The normalized spacial score (nSPS) is 29.1. The van der Waals surface area contributed by atoms with Crippen molar-refractivity contribution in [3.63, 3.8) is 0 Å². The molecule has 15 heteroatoms. The Morgan fingerprint density at radius 1 is 0.935 bits per heavy atom. The molecule has 0 saturated carbocycles. The van der Waals surface area contributed by atoms with Crippen LogP contribution in [0.15, 0.2) is 71.6 Å². The number of esters is 1. The summed E-state index contributed by atoms with van der Waals surface area (Å²) < 4.78 is 23.6. The second-order valence-corrected chi connectivity index (χ2v) is 16.3. The van der Waals surface area contributed by atoms with Gasteiger partial charge in [0.05, 0.1) is 53.0 Å². The van der Waals surface area contributed by atoms with Gasteiger partial charge in [0.15, 0.2) is 5.75 Å². The Hall–Kier alpha value is -5.90. The number of carbonyl (C=O) groups excluding carboxylic acids is 3. The van der Waals surface area contributed by atoms with E-state index in [0.29, 0.717) is 12.8 Å². The minimum atomic E-state index is -2.07. The Morgan fingerprint density at radius 3 is 2.29 bits per heavy atom. The number of ketones is 1. The number of aliphatic hydroxyl groups excluding tert-OH is 2. The Balaban J connectivity index is 1.64. The maximum atomic E-state index is 14.4. The van der Waals surface area contributed by atoms with Crippen LogP contribution in [0.5, 0.6) is 23.0 Å². The number of amides is 1. The summed E-state index contributed by atoms with van der Waals surface area (Å²) in [6.45, 7) is 12.6. The van der Waals surface area contributed by atoms with Crippen LogP contribution >= 0.6 is 0 Å². The average molecular weight is 859 g/mol. The van der Waals surface area contributed by atoms with E-state index in [2.05, 4.69) is 10.5 Å². The molecule has 3 aliphatic heterocycles. The molecule has 0 radical (unpaired) electrons. The van der Waals surface area contributed by atoms with Gasteiger partial charge < -0.3 is 54.6 Å². The van der Waals surface area contributed by atoms with Crippen LogP contribution in [0.3, 0.4) is 0 Å². The van der Waals surface area contributed by atoms with E-state index in [4.69, 9.17) is 23.8 Å². The van der Waals surface area contributed by atoms with Crippen LogP contribution in [-0.4, -0.2) is 93.3 Å². The standard InChI is InChI=1S/C47H58N2O13/c1-24-15-13-16-25(2)46(57)49-37-32(23-48-60-21-14-19-31-17-11-10-12-18-31)41(54)34-35(42(37)55)40(53)29(6)44-36(34)45(56)47(8,62-44)59-22-20-33(58-9)26(3)43(61-30(7)50)28(5)39(52)27(4)38(24)51/h10-13,15-18,20,22-24,26-28,33,38-39,43,51-55H,14,19,21H2,1-9H3,(H,49,57)/b15-13-,22-20-,25-16-,48-23-. The SMILES string of the molecule is COC1/C=C\OC2(C)Oc3c(C)c(O)c4c(O)c(c(/C=N\OCCCc5ccccc5)c(O)c4c3C2=O)NC(=O)/C(C)=C\C=C/C(C)C(O)C(C)C(O)C(C)C(OC(C)=O)C1C. The van der Waals surface area contributed by atoms with E-state index in [1.54, 1.807) is 39.8 Å². The number of anilines is 1. The number of hydrogen-bond acceptors (Lipinski definition) is 14. The fourth-order valence-corrected chi connectivity index (χ4v) is 8.00. The van der Waals surface area contributed by atoms with Crippen molar-refractivity contribution in [2.45, 2.75) is 98.4 Å². The molecule has 3 heterocycles. The molecule has 15 nitrogen and oxygen atoms in total. The van der Waals surface area contributed by atoms with E-state index in [0.717, 1.165) is 11.8 Å². The lowest BCUT2D eigenvalue weighted by atomic mass is 9.78. The lowest BCUT2D eigenvalue weighted by Gasteiger charge is -2.38. The second kappa shape index (κ2) is 19.9. The first kappa shape index (κ1) is 47.2. The van der Waals surface area contributed by atoms with Gasteiger partial charge in [-0.2, -0.15) is 0 Å². The Morgan fingerprint density at radius 2 is 1.63 bits per heavy atom. The lowest BCUT2D eigenvalue weighted by Crippen LogP contribution is -2.46. The number of Topliss-reactive ketones (excluding diaryl/α,β-unsaturated/α-hetero) is 1. The van der Waals surface area contributed by atoms with E-state index in [1.165, 1.54) is 53.2 Å². The zero-order chi connectivity index (χ0) is 45.6. The summed E-state index contributed by atoms with van der Waals surface area (Å²) in [4.78, 5) is 46.0. The number of allylic oxidation sites excluding steroid dienone is 2. The van der Waals surface area contributed by atoms with Gasteiger partial charge >= 0.3 is 11.8 Å². The highest BCUT2D eigenvalue weighted by Gasteiger charge is 2.50. The van der Waals surface area contributed by atoms with E-state index in [9.17, 15) is 39.9 Å². The largest absolute Gasteiger partial charge is 0.507 e. The molecule has 1 amide bonds. The lowest BCUT2D eigenvalue weighted by molar-refractivity contribution is -0.160. The molecule has 3 aliphatic rings. The van der Waals surface area contributed by atoms with E-state index in [1.807, 2.05) is 30.3 Å². The molecule has 62 heavy (non-hydrogen) atoms. The van der Waals surface area contributed by atoms with Gasteiger partial charge in [-0.05, 0) is 38.3 Å². The highest BCUT2D eigenvalue weighted by atomic mass is 16.7. The van der Waals surface area contributed by atoms with Crippen molar-refractivity contribution in [1.29, 1.82) is 0 Å². The summed E-state index contributed by atoms with van der Waals surface area (Å²) in [5, 5.41) is 64.4. The van der Waals surface area contributed by atoms with Crippen molar-refractivity contribution in [1.82, 2.24) is 0 Å². The van der Waals surface area contributed by atoms with Gasteiger partial charge in [0.25, 0.3) is 11.7 Å². The number of aliphatic hydroxyl groups is 2. The molecule has 6 rings (SSSR count). The van der Waals surface area contributed by atoms with Crippen molar-refractivity contribution in [2.75, 3.05) is 19.0 Å². The van der Waals surface area contributed by atoms with Gasteiger partial charge in [-0.25, -0.2) is 0 Å². The zero-order valence-electron chi connectivity index (χ0n) is 36.5. The van der Waals surface area contributed by atoms with E-state index in [-0.39, 0.29) is 51.1 Å². The number of hydrogen-bond donors (Lipinski definition) is 6. The monoisotopic (exact) mass is 858 g/mol. The van der Waals surface area contributed by atoms with Crippen LogP contribution in [0.4, 0.5) is 5.69 Å². The van der Waals surface area contributed by atoms with Gasteiger partial charge in [0.2, 0.25) is 0 Å². The number of ether oxygens (including phenoxy) is 4. The quantitative estimate of drug-likeness (QED) is 0.0346. The molecule has 3 aromatic carbocycles. The van der Waals surface area contributed by atoms with Gasteiger partial charge in [0, 0.05) is 61.2 Å². The van der Waals surface area contributed by atoms with Crippen molar-refractivity contribution >= 4 is 40.3 Å². The van der Waals surface area contributed by atoms with Gasteiger partial charge in [-0.1, -0.05) is 81.4 Å². The van der Waals surface area contributed by atoms with Crippen LogP contribution in [0.2, 0.25) is 0 Å². The molecule has 0 aliphatic carbocycles. The highest BCUT2D eigenvalue weighted by Crippen LogP contribution is 2.55. The summed E-state index contributed by atoms with van der Waals surface area (Å²) in [5.41, 5.74) is 0.484. The van der Waals surface area contributed by atoms with Crippen LogP contribution in [0.25, 0.3) is 10.8 Å². The number of benzene rings is 3. The topological polar surface area (TPSA) is 223 Å². The molecule has 6 N–H and O–H groups in total.